The van der Waals surface area contributed by atoms with Gasteiger partial charge in [-0.2, -0.15) is 0 Å². The highest BCUT2D eigenvalue weighted by atomic mass is 19.1. The molecule has 0 saturated carbocycles. The van der Waals surface area contributed by atoms with Gasteiger partial charge < -0.3 is 5.11 Å². The molecule has 86 valence electrons. The molecule has 3 rings (SSSR count). The lowest BCUT2D eigenvalue weighted by molar-refractivity contribution is 0.270. The Balaban J connectivity index is 2.56. The van der Waals surface area contributed by atoms with Gasteiger partial charge in [-0.25, -0.2) is 4.39 Å². The number of hydrogen-bond acceptors (Lipinski definition) is 3. The van der Waals surface area contributed by atoms with E-state index < -0.39 is 0 Å². The van der Waals surface area contributed by atoms with Crippen LogP contribution < -0.4 is 0 Å². The van der Waals surface area contributed by atoms with Crippen molar-refractivity contribution in [3.63, 3.8) is 0 Å². The van der Waals surface area contributed by atoms with Crippen LogP contribution in [0.25, 0.3) is 16.6 Å². The number of rotatable bonds is 1. The van der Waals surface area contributed by atoms with E-state index in [4.69, 9.17) is 0 Å². The quantitative estimate of drug-likeness (QED) is 0.695. The van der Waals surface area contributed by atoms with Crippen LogP contribution in [0.4, 0.5) is 4.39 Å². The molecule has 0 spiro atoms. The summed E-state index contributed by atoms with van der Waals surface area (Å²) >= 11 is 0. The number of benzene rings is 1. The van der Waals surface area contributed by atoms with E-state index >= 15 is 0 Å². The number of aromatic nitrogens is 3. The van der Waals surface area contributed by atoms with Gasteiger partial charge in [-0.05, 0) is 36.8 Å². The first-order chi connectivity index (χ1) is 8.20. The summed E-state index contributed by atoms with van der Waals surface area (Å²) in [6, 6.07) is 6.37. The number of hydrogen-bond donors (Lipinski definition) is 1. The molecule has 17 heavy (non-hydrogen) atoms. The first-order valence-electron chi connectivity index (χ1n) is 5.24. The molecule has 0 aliphatic carbocycles. The third-order valence-corrected chi connectivity index (χ3v) is 2.87. The molecule has 0 aliphatic rings. The minimum Gasteiger partial charge on any atom is -0.388 e. The summed E-state index contributed by atoms with van der Waals surface area (Å²) in [5.41, 5.74) is 2.39. The second-order valence-electron chi connectivity index (χ2n) is 3.96. The van der Waals surface area contributed by atoms with Gasteiger partial charge in [0.05, 0.1) is 5.52 Å². The molecular weight excluding hydrogens is 221 g/mol. The number of aliphatic hydroxyl groups is 1. The maximum atomic E-state index is 13.2. The Morgan fingerprint density at radius 3 is 2.88 bits per heavy atom. The van der Waals surface area contributed by atoms with Crippen LogP contribution in [0.1, 0.15) is 11.4 Å². The normalized spacial score (nSPS) is 11.5. The first kappa shape index (κ1) is 10.2. The number of halogens is 1. The highest BCUT2D eigenvalue weighted by Crippen LogP contribution is 2.22. The van der Waals surface area contributed by atoms with Crippen molar-refractivity contribution in [2.45, 2.75) is 13.5 Å². The predicted octanol–water partition coefficient (Wildman–Crippen LogP) is 1.82. The molecule has 0 bridgehead atoms. The highest BCUT2D eigenvalue weighted by molar-refractivity contribution is 5.85. The number of fused-ring (bicyclic) bond motifs is 3. The van der Waals surface area contributed by atoms with E-state index in [1.807, 2.05) is 13.0 Å². The summed E-state index contributed by atoms with van der Waals surface area (Å²) in [5.74, 6) is 0.176. The lowest BCUT2D eigenvalue weighted by Gasteiger charge is -2.06. The van der Waals surface area contributed by atoms with Gasteiger partial charge in [0.15, 0.2) is 11.5 Å². The lowest BCUT2D eigenvalue weighted by atomic mass is 10.1. The van der Waals surface area contributed by atoms with Gasteiger partial charge in [-0.1, -0.05) is 0 Å². The monoisotopic (exact) mass is 231 g/mol. The van der Waals surface area contributed by atoms with Crippen LogP contribution in [0.2, 0.25) is 0 Å². The van der Waals surface area contributed by atoms with Crippen LogP contribution in [0.5, 0.6) is 0 Å². The largest absolute Gasteiger partial charge is 0.388 e. The summed E-state index contributed by atoms with van der Waals surface area (Å²) < 4.78 is 15.0. The number of nitrogens with zero attached hydrogens (tertiary/aromatic N) is 3. The minimum absolute atomic E-state index is 0.198. The molecule has 2 heterocycles. The Morgan fingerprint density at radius 1 is 1.29 bits per heavy atom. The molecule has 0 radical (unpaired) electrons. The van der Waals surface area contributed by atoms with Crippen molar-refractivity contribution in [3.05, 3.63) is 41.5 Å². The second kappa shape index (κ2) is 3.49. The van der Waals surface area contributed by atoms with E-state index in [0.717, 1.165) is 16.5 Å². The van der Waals surface area contributed by atoms with Crippen LogP contribution in [0.3, 0.4) is 0 Å². The molecule has 1 N–H and O–H groups in total. The molecule has 0 saturated heterocycles. The molecule has 0 atom stereocenters. The second-order valence-corrected chi connectivity index (χ2v) is 3.96. The Morgan fingerprint density at radius 2 is 2.12 bits per heavy atom. The summed E-state index contributed by atoms with van der Waals surface area (Å²) in [7, 11) is 0. The fourth-order valence-electron chi connectivity index (χ4n) is 2.08. The zero-order valence-electron chi connectivity index (χ0n) is 9.18. The van der Waals surface area contributed by atoms with Crippen LogP contribution >= 0.6 is 0 Å². The number of aryl methyl sites for hydroxylation is 1. The van der Waals surface area contributed by atoms with Crippen LogP contribution in [0.15, 0.2) is 24.3 Å². The molecule has 0 unspecified atom stereocenters. The zero-order chi connectivity index (χ0) is 12.0. The number of pyridine rings is 1. The molecular formula is C12H10FN3O. The Kier molecular flexibility index (Phi) is 2.09. The molecule has 2 aromatic heterocycles. The summed E-state index contributed by atoms with van der Waals surface area (Å²) in [5, 5.41) is 17.9. The molecule has 4 nitrogen and oxygen atoms in total. The van der Waals surface area contributed by atoms with Gasteiger partial charge in [0, 0.05) is 5.39 Å². The van der Waals surface area contributed by atoms with Crippen molar-refractivity contribution >= 4 is 16.6 Å². The maximum Gasteiger partial charge on any atom is 0.163 e. The molecule has 0 fully saturated rings. The SMILES string of the molecule is Cc1cc2nnc(CO)n2c2ccc(F)cc12. The number of aliphatic hydroxyl groups excluding tert-OH is 1. The third-order valence-electron chi connectivity index (χ3n) is 2.87. The Labute approximate surface area is 96.3 Å². The van der Waals surface area contributed by atoms with Crippen molar-refractivity contribution in [1.82, 2.24) is 14.6 Å². The topological polar surface area (TPSA) is 50.4 Å². The summed E-state index contributed by atoms with van der Waals surface area (Å²) in [6.07, 6.45) is 0. The van der Waals surface area contributed by atoms with Crippen LogP contribution in [-0.2, 0) is 6.61 Å². The summed E-state index contributed by atoms with van der Waals surface area (Å²) in [4.78, 5) is 0. The molecule has 3 aromatic rings. The van der Waals surface area contributed by atoms with E-state index in [2.05, 4.69) is 10.2 Å². The summed E-state index contributed by atoms with van der Waals surface area (Å²) in [6.45, 7) is 1.70. The average Bonchev–Trinajstić information content (AvgIpc) is 2.72. The lowest BCUT2D eigenvalue weighted by Crippen LogP contribution is -1.97. The van der Waals surface area contributed by atoms with Crippen molar-refractivity contribution in [2.75, 3.05) is 0 Å². The fourth-order valence-corrected chi connectivity index (χ4v) is 2.08. The van der Waals surface area contributed by atoms with Gasteiger partial charge in [-0.15, -0.1) is 10.2 Å². The standard InChI is InChI=1S/C12H10FN3O/c1-7-4-11-14-15-12(6-17)16(11)10-3-2-8(13)5-9(7)10/h2-5,17H,6H2,1H3. The molecule has 5 heteroatoms. The van der Waals surface area contributed by atoms with Crippen molar-refractivity contribution in [1.29, 1.82) is 0 Å². The minimum atomic E-state index is -0.279. The maximum absolute atomic E-state index is 13.2. The van der Waals surface area contributed by atoms with Crippen molar-refractivity contribution < 1.29 is 9.50 Å². The smallest absolute Gasteiger partial charge is 0.163 e. The predicted molar refractivity (Wildman–Crippen MR) is 61.1 cm³/mol. The van der Waals surface area contributed by atoms with Gasteiger partial charge in [0.25, 0.3) is 0 Å². The van der Waals surface area contributed by atoms with Gasteiger partial charge >= 0.3 is 0 Å². The average molecular weight is 231 g/mol. The van der Waals surface area contributed by atoms with Gasteiger partial charge in [0.2, 0.25) is 0 Å². The van der Waals surface area contributed by atoms with E-state index in [-0.39, 0.29) is 12.4 Å². The molecule has 0 aliphatic heterocycles. The Hall–Kier alpha value is -2.01. The van der Waals surface area contributed by atoms with Gasteiger partial charge in [-0.3, -0.25) is 4.40 Å². The molecule has 1 aromatic carbocycles. The molecule has 0 amide bonds. The van der Waals surface area contributed by atoms with E-state index in [9.17, 15) is 9.50 Å². The third kappa shape index (κ3) is 1.39. The van der Waals surface area contributed by atoms with Crippen molar-refractivity contribution in [3.8, 4) is 0 Å². The fraction of sp³-hybridized carbons (Fsp3) is 0.167. The highest BCUT2D eigenvalue weighted by Gasteiger charge is 2.10. The first-order valence-corrected chi connectivity index (χ1v) is 5.24. The van der Waals surface area contributed by atoms with E-state index in [1.165, 1.54) is 12.1 Å². The van der Waals surface area contributed by atoms with Crippen LogP contribution in [-0.4, -0.2) is 19.7 Å². The van der Waals surface area contributed by atoms with E-state index in [1.54, 1.807) is 10.5 Å². The van der Waals surface area contributed by atoms with Crippen LogP contribution in [0, 0.1) is 12.7 Å². The van der Waals surface area contributed by atoms with E-state index in [0.29, 0.717) is 11.5 Å². The van der Waals surface area contributed by atoms with Crippen molar-refractivity contribution in [2.24, 2.45) is 0 Å². The Bertz CT molecular complexity index is 720. The zero-order valence-corrected chi connectivity index (χ0v) is 9.18. The van der Waals surface area contributed by atoms with Gasteiger partial charge in [0.1, 0.15) is 12.4 Å².